The highest BCUT2D eigenvalue weighted by Gasteiger charge is 2.35. The lowest BCUT2D eigenvalue weighted by atomic mass is 9.96. The molecule has 0 radical (unpaired) electrons. The first-order valence-corrected chi connectivity index (χ1v) is 8.85. The topological polar surface area (TPSA) is 49.8 Å². The molecule has 4 nitrogen and oxygen atoms in total. The molecule has 23 heavy (non-hydrogen) atoms. The summed E-state index contributed by atoms with van der Waals surface area (Å²) in [5.41, 5.74) is -0.762. The molecule has 126 valence electrons. The third-order valence-electron chi connectivity index (χ3n) is 4.94. The minimum atomic E-state index is -0.762. The smallest absolute Gasteiger partial charge is 0.225 e. The van der Waals surface area contributed by atoms with E-state index in [1.165, 1.54) is 0 Å². The minimum absolute atomic E-state index is 0.0746. The van der Waals surface area contributed by atoms with E-state index < -0.39 is 5.60 Å². The van der Waals surface area contributed by atoms with Crippen molar-refractivity contribution in [1.82, 2.24) is 4.90 Å². The van der Waals surface area contributed by atoms with Gasteiger partial charge in [0.1, 0.15) is 11.9 Å². The van der Waals surface area contributed by atoms with E-state index in [1.54, 1.807) is 0 Å². The Hall–Kier alpha value is -1.26. The number of hydrogen-bond acceptors (Lipinski definition) is 3. The maximum absolute atomic E-state index is 12.4. The van der Waals surface area contributed by atoms with Crippen molar-refractivity contribution in [2.75, 3.05) is 13.1 Å². The van der Waals surface area contributed by atoms with Crippen molar-refractivity contribution in [3.63, 3.8) is 0 Å². The van der Waals surface area contributed by atoms with E-state index in [9.17, 15) is 9.90 Å². The molecule has 0 atom stereocenters. The van der Waals surface area contributed by atoms with Crippen LogP contribution in [-0.2, 0) is 4.79 Å². The number of ether oxygens (including phenoxy) is 1. The Morgan fingerprint density at radius 1 is 1.26 bits per heavy atom. The fraction of sp³-hybridized carbons (Fsp3) is 0.611. The summed E-state index contributed by atoms with van der Waals surface area (Å²) in [6.07, 6.45) is 5.52. The van der Waals surface area contributed by atoms with Gasteiger partial charge in [0.05, 0.1) is 17.0 Å². The Balaban J connectivity index is 1.48. The van der Waals surface area contributed by atoms with Gasteiger partial charge in [-0.05, 0) is 25.0 Å². The Morgan fingerprint density at radius 3 is 2.57 bits per heavy atom. The standard InChI is InChI=1S/C18H24ClNO3/c19-15-5-1-2-6-16(15)23-14-7-11-20(12-8-14)17(21)13-18(22)9-3-4-10-18/h1-2,5-6,14,22H,3-4,7-13H2. The van der Waals surface area contributed by atoms with Crippen molar-refractivity contribution in [3.05, 3.63) is 29.3 Å². The summed E-state index contributed by atoms with van der Waals surface area (Å²) in [7, 11) is 0. The van der Waals surface area contributed by atoms with E-state index in [4.69, 9.17) is 16.3 Å². The first-order valence-electron chi connectivity index (χ1n) is 8.47. The molecule has 5 heteroatoms. The Morgan fingerprint density at radius 2 is 1.91 bits per heavy atom. The van der Waals surface area contributed by atoms with Crippen LogP contribution in [0.15, 0.2) is 24.3 Å². The van der Waals surface area contributed by atoms with E-state index in [0.717, 1.165) is 38.5 Å². The van der Waals surface area contributed by atoms with Crippen molar-refractivity contribution in [1.29, 1.82) is 0 Å². The van der Waals surface area contributed by atoms with E-state index in [0.29, 0.717) is 23.9 Å². The molecule has 1 amide bonds. The van der Waals surface area contributed by atoms with Crippen LogP contribution in [0.3, 0.4) is 0 Å². The van der Waals surface area contributed by atoms with Crippen molar-refractivity contribution >= 4 is 17.5 Å². The molecule has 2 fully saturated rings. The van der Waals surface area contributed by atoms with Crippen LogP contribution in [0.1, 0.15) is 44.9 Å². The summed E-state index contributed by atoms with van der Waals surface area (Å²) in [6, 6.07) is 7.47. The number of carbonyl (C=O) groups is 1. The molecule has 2 aliphatic rings. The molecular formula is C18H24ClNO3. The summed E-state index contributed by atoms with van der Waals surface area (Å²) in [4.78, 5) is 14.2. The maximum atomic E-state index is 12.4. The van der Waals surface area contributed by atoms with Gasteiger partial charge in [-0.3, -0.25) is 4.79 Å². The molecule has 0 unspecified atom stereocenters. The molecule has 1 saturated carbocycles. The molecule has 0 aromatic heterocycles. The molecule has 0 bridgehead atoms. The quantitative estimate of drug-likeness (QED) is 0.916. The van der Waals surface area contributed by atoms with Crippen molar-refractivity contribution in [2.45, 2.75) is 56.7 Å². The third kappa shape index (κ3) is 4.18. The fourth-order valence-corrected chi connectivity index (χ4v) is 3.73. The van der Waals surface area contributed by atoms with Gasteiger partial charge in [-0.25, -0.2) is 0 Å². The monoisotopic (exact) mass is 337 g/mol. The van der Waals surface area contributed by atoms with Crippen LogP contribution in [0.4, 0.5) is 0 Å². The summed E-state index contributed by atoms with van der Waals surface area (Å²) in [5.74, 6) is 0.782. The molecule has 3 rings (SSSR count). The summed E-state index contributed by atoms with van der Waals surface area (Å²) in [6.45, 7) is 1.37. The second kappa shape index (κ2) is 7.10. The predicted octanol–water partition coefficient (Wildman–Crippen LogP) is 3.41. The lowest BCUT2D eigenvalue weighted by Gasteiger charge is -2.34. The van der Waals surface area contributed by atoms with E-state index >= 15 is 0 Å². The number of benzene rings is 1. The van der Waals surface area contributed by atoms with E-state index in [1.807, 2.05) is 29.2 Å². The lowest BCUT2D eigenvalue weighted by Crippen LogP contribution is -2.44. The number of rotatable bonds is 4. The SMILES string of the molecule is O=C(CC1(O)CCCC1)N1CCC(Oc2ccccc2Cl)CC1. The van der Waals surface area contributed by atoms with Crippen LogP contribution in [0.2, 0.25) is 5.02 Å². The number of piperidine rings is 1. The number of hydrogen-bond donors (Lipinski definition) is 1. The Kier molecular flexibility index (Phi) is 5.12. The minimum Gasteiger partial charge on any atom is -0.489 e. The van der Waals surface area contributed by atoms with Crippen LogP contribution < -0.4 is 4.74 Å². The first kappa shape index (κ1) is 16.6. The summed E-state index contributed by atoms with van der Waals surface area (Å²) in [5, 5.41) is 11.0. The van der Waals surface area contributed by atoms with Gasteiger partial charge in [0.25, 0.3) is 0 Å². The molecular weight excluding hydrogens is 314 g/mol. The molecule has 1 aromatic carbocycles. The maximum Gasteiger partial charge on any atom is 0.225 e. The van der Waals surface area contributed by atoms with Gasteiger partial charge in [0, 0.05) is 25.9 Å². The average molecular weight is 338 g/mol. The molecule has 1 saturated heterocycles. The van der Waals surface area contributed by atoms with Gasteiger partial charge in [-0.15, -0.1) is 0 Å². The second-order valence-corrected chi connectivity index (χ2v) is 7.14. The van der Waals surface area contributed by atoms with Crippen LogP contribution in [0.25, 0.3) is 0 Å². The number of carbonyl (C=O) groups excluding carboxylic acids is 1. The molecule has 1 N–H and O–H groups in total. The van der Waals surface area contributed by atoms with Crippen molar-refractivity contribution in [3.8, 4) is 5.75 Å². The van der Waals surface area contributed by atoms with Crippen molar-refractivity contribution in [2.24, 2.45) is 0 Å². The third-order valence-corrected chi connectivity index (χ3v) is 5.25. The number of halogens is 1. The zero-order valence-electron chi connectivity index (χ0n) is 13.3. The van der Waals surface area contributed by atoms with Gasteiger partial charge in [-0.1, -0.05) is 36.6 Å². The largest absolute Gasteiger partial charge is 0.489 e. The van der Waals surface area contributed by atoms with Gasteiger partial charge in [-0.2, -0.15) is 0 Å². The molecule has 0 spiro atoms. The van der Waals surface area contributed by atoms with Crippen LogP contribution in [0.5, 0.6) is 5.75 Å². The lowest BCUT2D eigenvalue weighted by molar-refractivity contribution is -0.138. The zero-order chi connectivity index (χ0) is 16.3. The Labute approximate surface area is 142 Å². The molecule has 1 aromatic rings. The first-order chi connectivity index (χ1) is 11.1. The van der Waals surface area contributed by atoms with Crippen molar-refractivity contribution < 1.29 is 14.6 Å². The number of para-hydroxylation sites is 1. The number of nitrogens with zero attached hydrogens (tertiary/aromatic N) is 1. The molecule has 1 heterocycles. The zero-order valence-corrected chi connectivity index (χ0v) is 14.1. The van der Waals surface area contributed by atoms with Gasteiger partial charge >= 0.3 is 0 Å². The van der Waals surface area contributed by atoms with E-state index in [2.05, 4.69) is 0 Å². The number of aliphatic hydroxyl groups is 1. The highest BCUT2D eigenvalue weighted by atomic mass is 35.5. The average Bonchev–Trinajstić information content (AvgIpc) is 2.96. The van der Waals surface area contributed by atoms with Crippen LogP contribution in [0, 0.1) is 0 Å². The summed E-state index contributed by atoms with van der Waals surface area (Å²) >= 11 is 6.12. The fourth-order valence-electron chi connectivity index (χ4n) is 3.55. The van der Waals surface area contributed by atoms with Gasteiger partial charge in [0.2, 0.25) is 5.91 Å². The number of amides is 1. The molecule has 1 aliphatic heterocycles. The molecule has 1 aliphatic carbocycles. The van der Waals surface area contributed by atoms with Gasteiger partial charge < -0.3 is 14.7 Å². The normalized spacial score (nSPS) is 21.4. The Bertz CT molecular complexity index is 549. The summed E-state index contributed by atoms with van der Waals surface area (Å²) < 4.78 is 5.95. The second-order valence-electron chi connectivity index (χ2n) is 6.74. The van der Waals surface area contributed by atoms with Gasteiger partial charge in [0.15, 0.2) is 0 Å². The van der Waals surface area contributed by atoms with E-state index in [-0.39, 0.29) is 18.4 Å². The predicted molar refractivity (Wildman–Crippen MR) is 89.7 cm³/mol. The highest BCUT2D eigenvalue weighted by molar-refractivity contribution is 6.32. The van der Waals surface area contributed by atoms with Crippen LogP contribution in [-0.4, -0.2) is 40.7 Å². The van der Waals surface area contributed by atoms with Crippen LogP contribution >= 0.6 is 11.6 Å². The number of likely N-dealkylation sites (tertiary alicyclic amines) is 1. The highest BCUT2D eigenvalue weighted by Crippen LogP contribution is 2.33.